The average molecular weight is 246 g/mol. The molecule has 0 bridgehead atoms. The Labute approximate surface area is 109 Å². The van der Waals surface area contributed by atoms with E-state index in [1.807, 2.05) is 6.07 Å². The Morgan fingerprint density at radius 3 is 2.72 bits per heavy atom. The van der Waals surface area contributed by atoms with E-state index in [1.165, 1.54) is 5.56 Å². The van der Waals surface area contributed by atoms with Crippen LogP contribution in [0.3, 0.4) is 0 Å². The number of oxazole rings is 1. The second-order valence-corrected chi connectivity index (χ2v) is 5.69. The molecule has 0 aliphatic rings. The number of aryl methyl sites for hydroxylation is 1. The van der Waals surface area contributed by atoms with Crippen LogP contribution in [0.4, 0.5) is 0 Å². The molecule has 0 aliphatic heterocycles. The van der Waals surface area contributed by atoms with Crippen LogP contribution in [0.1, 0.15) is 39.1 Å². The normalized spacial score (nSPS) is 12.2. The minimum Gasteiger partial charge on any atom is -0.441 e. The van der Waals surface area contributed by atoms with Crippen LogP contribution in [0.2, 0.25) is 0 Å². The molecule has 3 nitrogen and oxygen atoms in total. The summed E-state index contributed by atoms with van der Waals surface area (Å²) in [5, 5.41) is 3.44. The Balaban J connectivity index is 2.06. The lowest BCUT2D eigenvalue weighted by Gasteiger charge is -2.19. The fourth-order valence-electron chi connectivity index (χ4n) is 1.89. The summed E-state index contributed by atoms with van der Waals surface area (Å²) in [7, 11) is 0. The summed E-state index contributed by atoms with van der Waals surface area (Å²) >= 11 is 0. The first-order valence-corrected chi connectivity index (χ1v) is 6.61. The Hall–Kier alpha value is -1.35. The quantitative estimate of drug-likeness (QED) is 0.899. The zero-order chi connectivity index (χ0) is 13.2. The van der Waals surface area contributed by atoms with Gasteiger partial charge in [0.1, 0.15) is 5.52 Å². The SMILES string of the molecule is CCc1ccc2oc(CCNC(C)(C)C)nc2c1. The van der Waals surface area contributed by atoms with Gasteiger partial charge < -0.3 is 9.73 Å². The van der Waals surface area contributed by atoms with Crippen molar-refractivity contribution in [2.75, 3.05) is 6.54 Å². The van der Waals surface area contributed by atoms with E-state index in [1.54, 1.807) is 0 Å². The van der Waals surface area contributed by atoms with Crippen molar-refractivity contribution in [3.05, 3.63) is 29.7 Å². The molecule has 2 aromatic rings. The van der Waals surface area contributed by atoms with E-state index in [4.69, 9.17) is 4.42 Å². The second-order valence-electron chi connectivity index (χ2n) is 5.69. The maximum absolute atomic E-state index is 5.73. The van der Waals surface area contributed by atoms with Crippen LogP contribution in [0.5, 0.6) is 0 Å². The summed E-state index contributed by atoms with van der Waals surface area (Å²) < 4.78 is 5.73. The van der Waals surface area contributed by atoms with Gasteiger partial charge in [0.2, 0.25) is 0 Å². The maximum Gasteiger partial charge on any atom is 0.196 e. The molecule has 0 saturated carbocycles. The van der Waals surface area contributed by atoms with Crippen LogP contribution < -0.4 is 5.32 Å². The van der Waals surface area contributed by atoms with Gasteiger partial charge in [-0.1, -0.05) is 13.0 Å². The highest BCUT2D eigenvalue weighted by molar-refractivity contribution is 5.73. The first-order chi connectivity index (χ1) is 8.48. The van der Waals surface area contributed by atoms with Gasteiger partial charge in [-0.05, 0) is 44.9 Å². The zero-order valence-corrected chi connectivity index (χ0v) is 11.7. The van der Waals surface area contributed by atoms with Gasteiger partial charge in [0.05, 0.1) is 0 Å². The van der Waals surface area contributed by atoms with Crippen molar-refractivity contribution < 1.29 is 4.42 Å². The Kier molecular flexibility index (Phi) is 3.71. The highest BCUT2D eigenvalue weighted by Crippen LogP contribution is 2.17. The summed E-state index contributed by atoms with van der Waals surface area (Å²) in [6.45, 7) is 9.51. The molecule has 0 saturated heterocycles. The molecule has 0 atom stereocenters. The number of nitrogens with zero attached hydrogens (tertiary/aromatic N) is 1. The minimum absolute atomic E-state index is 0.140. The maximum atomic E-state index is 5.73. The van der Waals surface area contributed by atoms with Crippen molar-refractivity contribution in [2.45, 2.75) is 46.1 Å². The monoisotopic (exact) mass is 246 g/mol. The fraction of sp³-hybridized carbons (Fsp3) is 0.533. The number of benzene rings is 1. The molecule has 0 fully saturated rings. The summed E-state index contributed by atoms with van der Waals surface area (Å²) in [6, 6.07) is 6.23. The molecule has 0 aliphatic carbocycles. The van der Waals surface area contributed by atoms with Crippen molar-refractivity contribution in [2.24, 2.45) is 0 Å². The highest BCUT2D eigenvalue weighted by Gasteiger charge is 2.10. The van der Waals surface area contributed by atoms with E-state index in [2.05, 4.69) is 50.1 Å². The molecule has 0 spiro atoms. The Morgan fingerprint density at radius 1 is 1.28 bits per heavy atom. The molecular weight excluding hydrogens is 224 g/mol. The Bertz CT molecular complexity index is 523. The van der Waals surface area contributed by atoms with E-state index < -0.39 is 0 Å². The molecule has 0 unspecified atom stereocenters. The fourth-order valence-corrected chi connectivity index (χ4v) is 1.89. The van der Waals surface area contributed by atoms with Gasteiger partial charge in [-0.25, -0.2) is 4.98 Å². The number of hydrogen-bond acceptors (Lipinski definition) is 3. The van der Waals surface area contributed by atoms with Crippen molar-refractivity contribution in [1.82, 2.24) is 10.3 Å². The van der Waals surface area contributed by atoms with E-state index in [-0.39, 0.29) is 5.54 Å². The molecule has 0 radical (unpaired) electrons. The topological polar surface area (TPSA) is 38.1 Å². The molecular formula is C15H22N2O. The van der Waals surface area contributed by atoms with Crippen molar-refractivity contribution in [3.8, 4) is 0 Å². The summed E-state index contributed by atoms with van der Waals surface area (Å²) in [4.78, 5) is 4.53. The van der Waals surface area contributed by atoms with Crippen LogP contribution in [0, 0.1) is 0 Å². The van der Waals surface area contributed by atoms with Crippen LogP contribution in [0.15, 0.2) is 22.6 Å². The number of nitrogens with one attached hydrogen (secondary N) is 1. The predicted octanol–water partition coefficient (Wildman–Crippen LogP) is 3.32. The van der Waals surface area contributed by atoms with Crippen molar-refractivity contribution in [3.63, 3.8) is 0 Å². The molecule has 1 N–H and O–H groups in total. The Morgan fingerprint density at radius 2 is 2.06 bits per heavy atom. The average Bonchev–Trinajstić information content (AvgIpc) is 2.68. The van der Waals surface area contributed by atoms with Gasteiger partial charge >= 0.3 is 0 Å². The van der Waals surface area contributed by atoms with Gasteiger partial charge in [0, 0.05) is 18.5 Å². The van der Waals surface area contributed by atoms with Gasteiger partial charge in [0.15, 0.2) is 11.5 Å². The van der Waals surface area contributed by atoms with Crippen LogP contribution in [0.25, 0.3) is 11.1 Å². The predicted molar refractivity (Wildman–Crippen MR) is 74.8 cm³/mol. The van der Waals surface area contributed by atoms with Gasteiger partial charge in [-0.2, -0.15) is 0 Å². The van der Waals surface area contributed by atoms with E-state index in [0.29, 0.717) is 0 Å². The van der Waals surface area contributed by atoms with E-state index in [0.717, 1.165) is 36.4 Å². The number of hydrogen-bond donors (Lipinski definition) is 1. The van der Waals surface area contributed by atoms with E-state index in [9.17, 15) is 0 Å². The molecule has 1 aromatic carbocycles. The molecule has 1 aromatic heterocycles. The number of rotatable bonds is 4. The molecule has 0 amide bonds. The molecule has 18 heavy (non-hydrogen) atoms. The highest BCUT2D eigenvalue weighted by atomic mass is 16.3. The zero-order valence-electron chi connectivity index (χ0n) is 11.7. The first-order valence-electron chi connectivity index (χ1n) is 6.61. The third-order valence-corrected chi connectivity index (χ3v) is 2.90. The third kappa shape index (κ3) is 3.33. The van der Waals surface area contributed by atoms with Gasteiger partial charge in [0.25, 0.3) is 0 Å². The van der Waals surface area contributed by atoms with Crippen molar-refractivity contribution >= 4 is 11.1 Å². The minimum atomic E-state index is 0.140. The van der Waals surface area contributed by atoms with Crippen molar-refractivity contribution in [1.29, 1.82) is 0 Å². The lowest BCUT2D eigenvalue weighted by atomic mass is 10.1. The van der Waals surface area contributed by atoms with Gasteiger partial charge in [-0.15, -0.1) is 0 Å². The molecule has 2 rings (SSSR count). The van der Waals surface area contributed by atoms with Crippen LogP contribution in [-0.2, 0) is 12.8 Å². The largest absolute Gasteiger partial charge is 0.441 e. The third-order valence-electron chi connectivity index (χ3n) is 2.90. The molecule has 98 valence electrons. The summed E-state index contributed by atoms with van der Waals surface area (Å²) in [5.74, 6) is 0.815. The summed E-state index contributed by atoms with van der Waals surface area (Å²) in [6.07, 6.45) is 1.86. The standard InChI is InChI=1S/C15H22N2O/c1-5-11-6-7-13-12(10-11)17-14(18-13)8-9-16-15(2,3)4/h6-7,10,16H,5,8-9H2,1-4H3. The lowest BCUT2D eigenvalue weighted by molar-refractivity contribution is 0.414. The number of aromatic nitrogens is 1. The number of fused-ring (bicyclic) bond motifs is 1. The molecule has 1 heterocycles. The van der Waals surface area contributed by atoms with Gasteiger partial charge in [-0.3, -0.25) is 0 Å². The lowest BCUT2D eigenvalue weighted by Crippen LogP contribution is -2.37. The van der Waals surface area contributed by atoms with Crippen LogP contribution in [-0.4, -0.2) is 17.1 Å². The summed E-state index contributed by atoms with van der Waals surface area (Å²) in [5.41, 5.74) is 3.30. The van der Waals surface area contributed by atoms with Crippen LogP contribution >= 0.6 is 0 Å². The first kappa shape index (κ1) is 13.1. The second kappa shape index (κ2) is 5.11. The smallest absolute Gasteiger partial charge is 0.196 e. The molecule has 3 heteroatoms. The van der Waals surface area contributed by atoms with E-state index >= 15 is 0 Å².